The molecule has 2 rings (SSSR count). The van der Waals surface area contributed by atoms with Gasteiger partial charge in [0.1, 0.15) is 23.9 Å². The van der Waals surface area contributed by atoms with E-state index >= 15 is 0 Å². The van der Waals surface area contributed by atoms with Crippen molar-refractivity contribution in [1.29, 1.82) is 0 Å². The molecule has 2 amide bonds. The van der Waals surface area contributed by atoms with Crippen molar-refractivity contribution in [1.82, 2.24) is 0 Å². The van der Waals surface area contributed by atoms with E-state index < -0.39 is 53.1 Å². The monoisotopic (exact) mass is 372 g/mol. The van der Waals surface area contributed by atoms with Crippen molar-refractivity contribution in [3.05, 3.63) is 59.7 Å². The molecule has 0 bridgehead atoms. The van der Waals surface area contributed by atoms with Crippen LogP contribution in [0.25, 0.3) is 0 Å². The number of rotatable bonds is 4. The molecule has 1 N–H and O–H groups in total. The Hall–Kier alpha value is -2.97. The van der Waals surface area contributed by atoms with Gasteiger partial charge in [-0.05, 0) is 24.3 Å². The van der Waals surface area contributed by atoms with Crippen molar-refractivity contribution in [2.24, 2.45) is 0 Å². The molecule has 2 aromatic rings. The molecule has 9 heteroatoms. The van der Waals surface area contributed by atoms with Crippen LogP contribution in [-0.4, -0.2) is 18.4 Å². The lowest BCUT2D eigenvalue weighted by molar-refractivity contribution is -0.137. The van der Waals surface area contributed by atoms with Crippen LogP contribution in [0.15, 0.2) is 42.5 Å². The van der Waals surface area contributed by atoms with Crippen LogP contribution < -0.4 is 10.2 Å². The lowest BCUT2D eigenvalue weighted by Gasteiger charge is -2.22. The van der Waals surface area contributed by atoms with Crippen LogP contribution >= 0.6 is 0 Å². The highest BCUT2D eigenvalue weighted by atomic mass is 19.4. The Morgan fingerprint density at radius 1 is 1.00 bits per heavy atom. The molecule has 0 unspecified atom stereocenters. The number of nitrogens with zero attached hydrogens (tertiary/aromatic N) is 1. The molecule has 0 aromatic heterocycles. The van der Waals surface area contributed by atoms with E-state index in [0.717, 1.165) is 43.3 Å². The average molecular weight is 372 g/mol. The van der Waals surface area contributed by atoms with Gasteiger partial charge in [0, 0.05) is 6.92 Å². The fourth-order valence-corrected chi connectivity index (χ4v) is 2.27. The molecule has 0 atom stereocenters. The number of hydrogen-bond acceptors (Lipinski definition) is 2. The maximum atomic E-state index is 13.8. The first-order valence-electron chi connectivity index (χ1n) is 7.29. The third-order valence-corrected chi connectivity index (χ3v) is 3.40. The van der Waals surface area contributed by atoms with Crippen LogP contribution in [0.1, 0.15) is 12.5 Å². The lowest BCUT2D eigenvalue weighted by atomic mass is 10.1. The zero-order valence-electron chi connectivity index (χ0n) is 13.4. The third-order valence-electron chi connectivity index (χ3n) is 3.40. The molecule has 0 saturated carbocycles. The summed E-state index contributed by atoms with van der Waals surface area (Å²) in [5, 5.41) is 2.01. The summed E-state index contributed by atoms with van der Waals surface area (Å²) in [6, 6.07) is 7.10. The predicted molar refractivity (Wildman–Crippen MR) is 84.5 cm³/mol. The van der Waals surface area contributed by atoms with E-state index in [4.69, 9.17) is 0 Å². The highest BCUT2D eigenvalue weighted by Crippen LogP contribution is 2.34. The van der Waals surface area contributed by atoms with Crippen molar-refractivity contribution in [2.45, 2.75) is 13.1 Å². The van der Waals surface area contributed by atoms with E-state index in [1.165, 1.54) is 6.07 Å². The summed E-state index contributed by atoms with van der Waals surface area (Å²) >= 11 is 0. The first-order valence-corrected chi connectivity index (χ1v) is 7.29. The smallest absolute Gasteiger partial charge is 0.324 e. The number of para-hydroxylation sites is 2. The van der Waals surface area contributed by atoms with E-state index in [0.29, 0.717) is 4.90 Å². The normalized spacial score (nSPS) is 11.2. The van der Waals surface area contributed by atoms with Gasteiger partial charge in [0.2, 0.25) is 11.8 Å². The molecule has 0 aliphatic carbocycles. The van der Waals surface area contributed by atoms with Crippen LogP contribution in [0, 0.1) is 11.6 Å². The minimum Gasteiger partial charge on any atom is -0.324 e. The predicted octanol–water partition coefficient (Wildman–Crippen LogP) is 3.98. The number of benzene rings is 2. The Morgan fingerprint density at radius 2 is 1.58 bits per heavy atom. The Kier molecular flexibility index (Phi) is 5.59. The fraction of sp³-hybridized carbons (Fsp3) is 0.176. The number of hydrogen-bond donors (Lipinski definition) is 1. The van der Waals surface area contributed by atoms with Crippen molar-refractivity contribution >= 4 is 23.2 Å². The van der Waals surface area contributed by atoms with Gasteiger partial charge in [-0.25, -0.2) is 8.78 Å². The molecule has 0 saturated heterocycles. The Morgan fingerprint density at radius 3 is 2.12 bits per heavy atom. The van der Waals surface area contributed by atoms with Crippen LogP contribution in [0.3, 0.4) is 0 Å². The number of anilines is 2. The molecule has 0 aliphatic rings. The highest BCUT2D eigenvalue weighted by molar-refractivity contribution is 6.02. The number of carbonyl (C=O) groups is 2. The number of amides is 2. The van der Waals surface area contributed by atoms with Crippen molar-refractivity contribution in [3.8, 4) is 0 Å². The number of carbonyl (C=O) groups excluding carboxylic acids is 2. The number of nitrogens with one attached hydrogen (secondary N) is 1. The Balaban J connectivity index is 2.27. The van der Waals surface area contributed by atoms with Crippen LogP contribution in [0.5, 0.6) is 0 Å². The lowest BCUT2D eigenvalue weighted by Crippen LogP contribution is -2.38. The van der Waals surface area contributed by atoms with Gasteiger partial charge in [-0.15, -0.1) is 0 Å². The SMILES string of the molecule is CC(=O)N(CC(=O)Nc1ccccc1C(F)(F)F)c1c(F)cccc1F. The van der Waals surface area contributed by atoms with Gasteiger partial charge in [0.15, 0.2) is 0 Å². The Labute approximate surface area is 145 Å². The summed E-state index contributed by atoms with van der Waals surface area (Å²) in [6.45, 7) is 0.113. The van der Waals surface area contributed by atoms with Crippen molar-refractivity contribution in [2.75, 3.05) is 16.8 Å². The summed E-state index contributed by atoms with van der Waals surface area (Å²) in [5.74, 6) is -4.06. The van der Waals surface area contributed by atoms with Gasteiger partial charge in [-0.2, -0.15) is 13.2 Å². The summed E-state index contributed by atoms with van der Waals surface area (Å²) in [5.41, 5.74) is -2.36. The summed E-state index contributed by atoms with van der Waals surface area (Å²) in [6.07, 6.45) is -4.71. The maximum absolute atomic E-state index is 13.8. The molecule has 0 radical (unpaired) electrons. The first kappa shape index (κ1) is 19.4. The van der Waals surface area contributed by atoms with E-state index in [9.17, 15) is 31.5 Å². The molecule has 0 spiro atoms. The standard InChI is InChI=1S/C17H13F5N2O2/c1-10(25)24(16-12(18)6-4-7-13(16)19)9-15(26)23-14-8-3-2-5-11(14)17(20,21)22/h2-8H,9H2,1H3,(H,23,26). The first-order chi connectivity index (χ1) is 12.1. The topological polar surface area (TPSA) is 49.4 Å². The van der Waals surface area contributed by atoms with Crippen molar-refractivity contribution in [3.63, 3.8) is 0 Å². The summed E-state index contributed by atoms with van der Waals surface area (Å²) in [4.78, 5) is 24.3. The molecule has 0 aliphatic heterocycles. The second-order valence-electron chi connectivity index (χ2n) is 5.27. The Bertz CT molecular complexity index is 816. The molecular formula is C17H13F5N2O2. The quantitative estimate of drug-likeness (QED) is 0.826. The zero-order chi connectivity index (χ0) is 19.5. The van der Waals surface area contributed by atoms with Gasteiger partial charge in [0.05, 0.1) is 11.3 Å². The molecule has 0 heterocycles. The molecule has 26 heavy (non-hydrogen) atoms. The van der Waals surface area contributed by atoms with Gasteiger partial charge in [-0.1, -0.05) is 18.2 Å². The minimum absolute atomic E-state index is 0.510. The largest absolute Gasteiger partial charge is 0.418 e. The van der Waals surface area contributed by atoms with Crippen LogP contribution in [0.2, 0.25) is 0 Å². The van der Waals surface area contributed by atoms with Crippen LogP contribution in [0.4, 0.5) is 33.3 Å². The van der Waals surface area contributed by atoms with E-state index in [1.807, 2.05) is 5.32 Å². The summed E-state index contributed by atoms with van der Waals surface area (Å²) in [7, 11) is 0. The summed E-state index contributed by atoms with van der Waals surface area (Å²) < 4.78 is 66.5. The molecular weight excluding hydrogens is 359 g/mol. The highest BCUT2D eigenvalue weighted by Gasteiger charge is 2.33. The van der Waals surface area contributed by atoms with E-state index in [1.54, 1.807) is 0 Å². The van der Waals surface area contributed by atoms with Crippen molar-refractivity contribution < 1.29 is 31.5 Å². The number of halogens is 5. The van der Waals surface area contributed by atoms with Crippen LogP contribution in [-0.2, 0) is 15.8 Å². The zero-order valence-corrected chi connectivity index (χ0v) is 13.4. The van der Waals surface area contributed by atoms with Gasteiger partial charge in [0.25, 0.3) is 0 Å². The van der Waals surface area contributed by atoms with Gasteiger partial charge in [-0.3, -0.25) is 14.5 Å². The van der Waals surface area contributed by atoms with Gasteiger partial charge >= 0.3 is 6.18 Å². The minimum atomic E-state index is -4.71. The number of alkyl halides is 3. The average Bonchev–Trinajstić information content (AvgIpc) is 2.53. The molecule has 0 fully saturated rings. The van der Waals surface area contributed by atoms with Gasteiger partial charge < -0.3 is 5.32 Å². The molecule has 138 valence electrons. The third kappa shape index (κ3) is 4.35. The molecule has 4 nitrogen and oxygen atoms in total. The fourth-order valence-electron chi connectivity index (χ4n) is 2.27. The maximum Gasteiger partial charge on any atom is 0.418 e. The molecule has 2 aromatic carbocycles. The second kappa shape index (κ2) is 7.51. The van der Waals surface area contributed by atoms with E-state index in [-0.39, 0.29) is 0 Å². The second-order valence-corrected chi connectivity index (χ2v) is 5.27. The van der Waals surface area contributed by atoms with E-state index in [2.05, 4.69) is 0 Å².